The molecule has 3 N–H and O–H groups in total. The van der Waals surface area contributed by atoms with Gasteiger partial charge in [-0.3, -0.25) is 9.78 Å². The lowest BCUT2D eigenvalue weighted by atomic mass is 10.0. The number of amides is 1. The molecule has 0 fully saturated rings. The number of aromatic carboxylic acids is 1. The molecule has 0 aliphatic carbocycles. The molecular formula is C23H20N2O6. The molecular weight excluding hydrogens is 400 g/mol. The quantitative estimate of drug-likeness (QED) is 0.511. The zero-order valence-electron chi connectivity index (χ0n) is 16.4. The predicted molar refractivity (Wildman–Crippen MR) is 111 cm³/mol. The number of carboxylic acid groups (broad SMARTS) is 2. The third-order valence-corrected chi connectivity index (χ3v) is 4.63. The Labute approximate surface area is 178 Å². The number of benzene rings is 2. The molecule has 0 saturated heterocycles. The minimum Gasteiger partial charge on any atom is -0.479 e. The first-order chi connectivity index (χ1) is 14.9. The van der Waals surface area contributed by atoms with Crippen LogP contribution in [0.15, 0.2) is 72.9 Å². The molecule has 0 radical (unpaired) electrons. The van der Waals surface area contributed by atoms with Crippen LogP contribution in [-0.4, -0.2) is 55.7 Å². The number of aromatic nitrogens is 1. The van der Waals surface area contributed by atoms with Crippen LogP contribution in [0.25, 0.3) is 11.3 Å². The van der Waals surface area contributed by atoms with E-state index in [-0.39, 0.29) is 17.7 Å². The Morgan fingerprint density at radius 1 is 0.903 bits per heavy atom. The van der Waals surface area contributed by atoms with Crippen molar-refractivity contribution in [1.29, 1.82) is 0 Å². The predicted octanol–water partition coefficient (Wildman–Crippen LogP) is 2.53. The van der Waals surface area contributed by atoms with Crippen LogP contribution in [-0.2, 0) is 11.3 Å². The van der Waals surface area contributed by atoms with Gasteiger partial charge in [0.2, 0.25) is 0 Å². The van der Waals surface area contributed by atoms with Crippen LogP contribution in [0.5, 0.6) is 0 Å². The summed E-state index contributed by atoms with van der Waals surface area (Å²) in [4.78, 5) is 41.0. The lowest BCUT2D eigenvalue weighted by Crippen LogP contribution is -2.40. The standard InChI is InChI=1S/C23H20N2O6/c26-20(23(30)31)14-25(13-15-6-2-1-3-7-15)21(27)16-10-11-19(24-12-16)17-8-4-5-9-18(17)22(28)29/h1-12,20,26H,13-14H2,(H,28,29)(H,30,31)/t20-/m1/s1. The highest BCUT2D eigenvalue weighted by Crippen LogP contribution is 2.22. The van der Waals surface area contributed by atoms with Crippen molar-refractivity contribution < 1.29 is 29.7 Å². The summed E-state index contributed by atoms with van der Waals surface area (Å²) < 4.78 is 0. The summed E-state index contributed by atoms with van der Waals surface area (Å²) in [7, 11) is 0. The van der Waals surface area contributed by atoms with Gasteiger partial charge in [-0.2, -0.15) is 0 Å². The average molecular weight is 420 g/mol. The van der Waals surface area contributed by atoms with Crippen LogP contribution in [0.3, 0.4) is 0 Å². The molecule has 31 heavy (non-hydrogen) atoms. The summed E-state index contributed by atoms with van der Waals surface area (Å²) in [6.07, 6.45) is -0.427. The molecule has 3 aromatic rings. The molecule has 0 bridgehead atoms. The number of carboxylic acids is 2. The Hall–Kier alpha value is -4.04. The van der Waals surface area contributed by atoms with E-state index < -0.39 is 30.5 Å². The van der Waals surface area contributed by atoms with E-state index in [9.17, 15) is 24.6 Å². The third-order valence-electron chi connectivity index (χ3n) is 4.63. The van der Waals surface area contributed by atoms with Crippen LogP contribution < -0.4 is 0 Å². The third kappa shape index (κ3) is 5.31. The van der Waals surface area contributed by atoms with Gasteiger partial charge in [-0.25, -0.2) is 9.59 Å². The number of aliphatic carboxylic acids is 1. The van der Waals surface area contributed by atoms with Gasteiger partial charge in [-0.1, -0.05) is 48.5 Å². The first kappa shape index (κ1) is 21.7. The monoisotopic (exact) mass is 420 g/mol. The van der Waals surface area contributed by atoms with Crippen molar-refractivity contribution in [3.8, 4) is 11.3 Å². The molecule has 0 aliphatic heterocycles. The maximum Gasteiger partial charge on any atom is 0.336 e. The summed E-state index contributed by atoms with van der Waals surface area (Å²) in [5, 5.41) is 28.2. The summed E-state index contributed by atoms with van der Waals surface area (Å²) in [5.74, 6) is -3.02. The Kier molecular flexibility index (Phi) is 6.74. The number of aliphatic hydroxyl groups excluding tert-OH is 1. The van der Waals surface area contributed by atoms with Crippen LogP contribution >= 0.6 is 0 Å². The number of hydrogen-bond donors (Lipinski definition) is 3. The smallest absolute Gasteiger partial charge is 0.336 e. The van der Waals surface area contributed by atoms with Gasteiger partial charge in [0.1, 0.15) is 0 Å². The Morgan fingerprint density at radius 2 is 1.58 bits per heavy atom. The molecule has 1 aromatic heterocycles. The van der Waals surface area contributed by atoms with Crippen molar-refractivity contribution in [1.82, 2.24) is 9.88 Å². The molecule has 1 atom stereocenters. The number of carbonyl (C=O) groups is 3. The highest BCUT2D eigenvalue weighted by Gasteiger charge is 2.24. The van der Waals surface area contributed by atoms with E-state index in [1.54, 1.807) is 42.5 Å². The van der Waals surface area contributed by atoms with E-state index in [1.165, 1.54) is 29.3 Å². The summed E-state index contributed by atoms with van der Waals surface area (Å²) in [5.41, 5.74) is 1.84. The zero-order valence-corrected chi connectivity index (χ0v) is 16.4. The van der Waals surface area contributed by atoms with E-state index in [1.807, 2.05) is 6.07 Å². The maximum absolute atomic E-state index is 13.0. The molecule has 0 saturated carbocycles. The zero-order chi connectivity index (χ0) is 22.4. The second-order valence-electron chi connectivity index (χ2n) is 6.81. The number of pyridine rings is 1. The maximum atomic E-state index is 13.0. The van der Waals surface area contributed by atoms with Gasteiger partial charge in [0.15, 0.2) is 6.10 Å². The fraction of sp³-hybridized carbons (Fsp3) is 0.130. The fourth-order valence-corrected chi connectivity index (χ4v) is 3.07. The molecule has 0 aliphatic rings. The fourth-order valence-electron chi connectivity index (χ4n) is 3.07. The van der Waals surface area contributed by atoms with E-state index >= 15 is 0 Å². The van der Waals surface area contributed by atoms with E-state index in [4.69, 9.17) is 5.11 Å². The minimum atomic E-state index is -1.73. The molecule has 2 aromatic carbocycles. The van der Waals surface area contributed by atoms with Crippen molar-refractivity contribution in [3.63, 3.8) is 0 Å². The van der Waals surface area contributed by atoms with E-state index in [2.05, 4.69) is 4.98 Å². The molecule has 8 nitrogen and oxygen atoms in total. The SMILES string of the molecule is O=C(O)c1ccccc1-c1ccc(C(=O)N(Cc2ccccc2)C[C@@H](O)C(=O)O)cn1. The van der Waals surface area contributed by atoms with Crippen LogP contribution in [0.4, 0.5) is 0 Å². The van der Waals surface area contributed by atoms with Crippen molar-refractivity contribution in [2.45, 2.75) is 12.6 Å². The normalized spacial score (nSPS) is 11.5. The Morgan fingerprint density at radius 3 is 2.19 bits per heavy atom. The number of carbonyl (C=O) groups excluding carboxylic acids is 1. The first-order valence-corrected chi connectivity index (χ1v) is 9.39. The minimum absolute atomic E-state index is 0.0874. The largest absolute Gasteiger partial charge is 0.479 e. The van der Waals surface area contributed by atoms with Crippen molar-refractivity contribution in [2.24, 2.45) is 0 Å². The second kappa shape index (κ2) is 9.64. The van der Waals surface area contributed by atoms with Gasteiger partial charge in [0, 0.05) is 18.3 Å². The van der Waals surface area contributed by atoms with Gasteiger partial charge >= 0.3 is 11.9 Å². The average Bonchev–Trinajstić information content (AvgIpc) is 2.78. The Bertz CT molecular complexity index is 1080. The highest BCUT2D eigenvalue weighted by atomic mass is 16.4. The van der Waals surface area contributed by atoms with Crippen molar-refractivity contribution >= 4 is 17.8 Å². The molecule has 158 valence electrons. The lowest BCUT2D eigenvalue weighted by Gasteiger charge is -2.24. The van der Waals surface area contributed by atoms with Crippen molar-refractivity contribution in [2.75, 3.05) is 6.54 Å². The molecule has 8 heteroatoms. The number of hydrogen-bond acceptors (Lipinski definition) is 5. The molecule has 0 unspecified atom stereocenters. The summed E-state index contributed by atoms with van der Waals surface area (Å²) in [6.45, 7) is -0.291. The van der Waals surface area contributed by atoms with Gasteiger partial charge in [0.25, 0.3) is 5.91 Å². The van der Waals surface area contributed by atoms with Gasteiger partial charge in [-0.15, -0.1) is 0 Å². The Balaban J connectivity index is 1.87. The van der Waals surface area contributed by atoms with E-state index in [0.29, 0.717) is 11.3 Å². The van der Waals surface area contributed by atoms with Gasteiger partial charge in [0.05, 0.1) is 23.4 Å². The number of rotatable bonds is 8. The van der Waals surface area contributed by atoms with Crippen LogP contribution in [0, 0.1) is 0 Å². The first-order valence-electron chi connectivity index (χ1n) is 9.39. The van der Waals surface area contributed by atoms with Gasteiger partial charge < -0.3 is 20.2 Å². The highest BCUT2D eigenvalue weighted by molar-refractivity contribution is 5.97. The van der Waals surface area contributed by atoms with Crippen molar-refractivity contribution in [3.05, 3.63) is 89.6 Å². The van der Waals surface area contributed by atoms with E-state index in [0.717, 1.165) is 5.56 Å². The van der Waals surface area contributed by atoms with Crippen LogP contribution in [0.1, 0.15) is 26.3 Å². The van der Waals surface area contributed by atoms with Gasteiger partial charge in [-0.05, 0) is 23.8 Å². The summed E-state index contributed by atoms with van der Waals surface area (Å²) in [6, 6.07) is 18.4. The number of aliphatic hydroxyl groups is 1. The topological polar surface area (TPSA) is 128 Å². The van der Waals surface area contributed by atoms with Crippen LogP contribution in [0.2, 0.25) is 0 Å². The molecule has 0 spiro atoms. The number of nitrogens with zero attached hydrogens (tertiary/aromatic N) is 2. The summed E-state index contributed by atoms with van der Waals surface area (Å²) >= 11 is 0. The molecule has 1 amide bonds. The molecule has 1 heterocycles. The molecule has 3 rings (SSSR count). The lowest BCUT2D eigenvalue weighted by molar-refractivity contribution is -0.147. The second-order valence-corrected chi connectivity index (χ2v) is 6.81.